The minimum atomic E-state index is -0.574. The van der Waals surface area contributed by atoms with Crippen molar-refractivity contribution in [3.05, 3.63) is 29.3 Å². The van der Waals surface area contributed by atoms with Crippen LogP contribution in [0.5, 0.6) is 0 Å². The number of rotatable bonds is 5. The Kier molecular flexibility index (Phi) is 4.45. The molecule has 1 aromatic carbocycles. The minimum absolute atomic E-state index is 0.0215. The van der Waals surface area contributed by atoms with Crippen LogP contribution in [0.2, 0.25) is 0 Å². The molecule has 0 spiro atoms. The average molecular weight is 276 g/mol. The molecule has 1 heterocycles. The zero-order chi connectivity index (χ0) is 14.8. The molecule has 20 heavy (non-hydrogen) atoms. The molecule has 0 atom stereocenters. The van der Waals surface area contributed by atoms with Gasteiger partial charge in [-0.3, -0.25) is 9.69 Å². The summed E-state index contributed by atoms with van der Waals surface area (Å²) in [6, 6.07) is 5.91. The minimum Gasteiger partial charge on any atom is -0.387 e. The summed E-state index contributed by atoms with van der Waals surface area (Å²) in [6.45, 7) is 7.69. The zero-order valence-electron chi connectivity index (χ0n) is 12.6. The van der Waals surface area contributed by atoms with E-state index in [0.29, 0.717) is 19.6 Å². The molecule has 2 N–H and O–H groups in total. The maximum absolute atomic E-state index is 11.9. The highest BCUT2D eigenvalue weighted by Gasteiger charge is 2.40. The van der Waals surface area contributed by atoms with E-state index in [1.165, 1.54) is 11.1 Å². The molecule has 1 aliphatic heterocycles. The van der Waals surface area contributed by atoms with Crippen molar-refractivity contribution in [2.24, 2.45) is 0 Å². The van der Waals surface area contributed by atoms with E-state index in [1.807, 2.05) is 30.0 Å². The van der Waals surface area contributed by atoms with Gasteiger partial charge in [-0.2, -0.15) is 0 Å². The number of amides is 1. The number of hydrogen-bond donors (Lipinski definition) is 2. The van der Waals surface area contributed by atoms with Crippen LogP contribution < -0.4 is 5.32 Å². The van der Waals surface area contributed by atoms with Gasteiger partial charge < -0.3 is 10.4 Å². The maximum atomic E-state index is 11.9. The number of carbonyl (C=O) groups is 1. The van der Waals surface area contributed by atoms with Crippen molar-refractivity contribution in [3.8, 4) is 0 Å². The Balaban J connectivity index is 1.81. The second-order valence-corrected chi connectivity index (χ2v) is 5.97. The number of nitrogens with one attached hydrogen (secondary N) is 1. The number of benzene rings is 1. The van der Waals surface area contributed by atoms with Crippen molar-refractivity contribution in [1.29, 1.82) is 0 Å². The monoisotopic (exact) mass is 276 g/mol. The molecule has 1 fully saturated rings. The largest absolute Gasteiger partial charge is 0.387 e. The first kappa shape index (κ1) is 15.0. The molecule has 0 bridgehead atoms. The van der Waals surface area contributed by atoms with Crippen LogP contribution in [0.1, 0.15) is 30.9 Å². The summed E-state index contributed by atoms with van der Waals surface area (Å²) in [5.41, 5.74) is 2.65. The molecule has 0 aromatic heterocycles. The van der Waals surface area contributed by atoms with Gasteiger partial charge in [0, 0.05) is 18.8 Å². The Morgan fingerprint density at radius 1 is 1.35 bits per heavy atom. The van der Waals surface area contributed by atoms with E-state index in [4.69, 9.17) is 0 Å². The Bertz CT molecular complexity index is 493. The molecule has 0 saturated carbocycles. The molecule has 1 aromatic rings. The van der Waals surface area contributed by atoms with Gasteiger partial charge in [0.2, 0.25) is 5.91 Å². The number of aliphatic hydroxyl groups is 1. The van der Waals surface area contributed by atoms with E-state index in [2.05, 4.69) is 19.2 Å². The number of hydrogen-bond acceptors (Lipinski definition) is 3. The highest BCUT2D eigenvalue weighted by molar-refractivity contribution is 5.92. The lowest BCUT2D eigenvalue weighted by Crippen LogP contribution is -2.62. The Hall–Kier alpha value is -1.39. The molecule has 1 aliphatic rings. The van der Waals surface area contributed by atoms with Gasteiger partial charge in [-0.15, -0.1) is 0 Å². The number of likely N-dealkylation sites (tertiary alicyclic amines) is 1. The van der Waals surface area contributed by atoms with Gasteiger partial charge in [0.25, 0.3) is 0 Å². The third kappa shape index (κ3) is 3.58. The molecular formula is C16H24N2O2. The predicted molar refractivity (Wildman–Crippen MR) is 80.8 cm³/mol. The topological polar surface area (TPSA) is 52.6 Å². The average Bonchev–Trinajstić information content (AvgIpc) is 2.32. The van der Waals surface area contributed by atoms with Crippen molar-refractivity contribution < 1.29 is 9.90 Å². The molecule has 4 heteroatoms. The van der Waals surface area contributed by atoms with E-state index in [9.17, 15) is 9.90 Å². The van der Waals surface area contributed by atoms with Crippen LogP contribution in [-0.2, 0) is 4.79 Å². The molecule has 0 unspecified atom stereocenters. The summed E-state index contributed by atoms with van der Waals surface area (Å²) >= 11 is 0. The van der Waals surface area contributed by atoms with E-state index in [1.54, 1.807) is 0 Å². The second-order valence-electron chi connectivity index (χ2n) is 5.97. The van der Waals surface area contributed by atoms with Crippen LogP contribution in [0.25, 0.3) is 0 Å². The fourth-order valence-electron chi connectivity index (χ4n) is 2.74. The second kappa shape index (κ2) is 5.94. The third-order valence-electron chi connectivity index (χ3n) is 3.91. The number of carbonyl (C=O) groups excluding carboxylic acids is 1. The van der Waals surface area contributed by atoms with Gasteiger partial charge in [0.1, 0.15) is 0 Å². The van der Waals surface area contributed by atoms with Gasteiger partial charge in [0.05, 0.1) is 12.1 Å². The summed E-state index contributed by atoms with van der Waals surface area (Å²) < 4.78 is 0. The number of aryl methyl sites for hydroxylation is 2. The van der Waals surface area contributed by atoms with Crippen LogP contribution >= 0.6 is 0 Å². The summed E-state index contributed by atoms with van der Waals surface area (Å²) in [5.74, 6) is -0.0215. The van der Waals surface area contributed by atoms with Crippen LogP contribution in [0.3, 0.4) is 0 Å². The fraction of sp³-hybridized carbons (Fsp3) is 0.562. The van der Waals surface area contributed by atoms with E-state index in [-0.39, 0.29) is 5.91 Å². The van der Waals surface area contributed by atoms with E-state index < -0.39 is 5.60 Å². The Morgan fingerprint density at radius 2 is 2.05 bits per heavy atom. The molecule has 1 saturated heterocycles. The van der Waals surface area contributed by atoms with Crippen molar-refractivity contribution in [1.82, 2.24) is 4.90 Å². The maximum Gasteiger partial charge on any atom is 0.238 e. The molecule has 2 rings (SSSR count). The molecular weight excluding hydrogens is 252 g/mol. The first-order valence-electron chi connectivity index (χ1n) is 7.24. The van der Waals surface area contributed by atoms with Crippen LogP contribution in [0, 0.1) is 13.8 Å². The lowest BCUT2D eigenvalue weighted by Gasteiger charge is -2.46. The number of anilines is 1. The summed E-state index contributed by atoms with van der Waals surface area (Å²) in [6.07, 6.45) is 1.78. The van der Waals surface area contributed by atoms with Gasteiger partial charge in [-0.25, -0.2) is 0 Å². The van der Waals surface area contributed by atoms with Crippen LogP contribution in [0.15, 0.2) is 18.2 Å². The summed E-state index contributed by atoms with van der Waals surface area (Å²) in [5, 5.41) is 13.0. The molecule has 0 radical (unpaired) electrons. The van der Waals surface area contributed by atoms with Crippen molar-refractivity contribution in [2.45, 2.75) is 39.2 Å². The predicted octanol–water partition coefficient (Wildman–Crippen LogP) is 2.09. The first-order chi connectivity index (χ1) is 9.42. The Labute approximate surface area is 120 Å². The standard InChI is InChI=1S/C16H24N2O2/c1-4-7-16(20)10-18(11-16)9-15(19)17-14-6-5-12(2)13(3)8-14/h5-6,8,20H,4,7,9-11H2,1-3H3,(H,17,19). The van der Waals surface area contributed by atoms with Gasteiger partial charge >= 0.3 is 0 Å². The van der Waals surface area contributed by atoms with E-state index >= 15 is 0 Å². The van der Waals surface area contributed by atoms with Gasteiger partial charge in [0.15, 0.2) is 0 Å². The molecule has 4 nitrogen and oxygen atoms in total. The SMILES string of the molecule is CCCC1(O)CN(CC(=O)Nc2ccc(C)c(C)c2)C1. The number of nitrogens with zero attached hydrogens (tertiary/aromatic N) is 1. The van der Waals surface area contributed by atoms with Gasteiger partial charge in [-0.05, 0) is 43.5 Å². The normalized spacial score (nSPS) is 17.6. The van der Waals surface area contributed by atoms with Crippen molar-refractivity contribution >= 4 is 11.6 Å². The molecule has 110 valence electrons. The van der Waals surface area contributed by atoms with Crippen molar-refractivity contribution in [3.63, 3.8) is 0 Å². The third-order valence-corrected chi connectivity index (χ3v) is 3.91. The summed E-state index contributed by atoms with van der Waals surface area (Å²) in [4.78, 5) is 13.9. The molecule has 0 aliphatic carbocycles. The van der Waals surface area contributed by atoms with E-state index in [0.717, 1.165) is 18.5 Å². The highest BCUT2D eigenvalue weighted by atomic mass is 16.3. The lowest BCUT2D eigenvalue weighted by atomic mass is 9.89. The zero-order valence-corrected chi connectivity index (χ0v) is 12.6. The lowest BCUT2D eigenvalue weighted by molar-refractivity contribution is -0.129. The van der Waals surface area contributed by atoms with Gasteiger partial charge in [-0.1, -0.05) is 19.4 Å². The van der Waals surface area contributed by atoms with Crippen LogP contribution in [0.4, 0.5) is 5.69 Å². The van der Waals surface area contributed by atoms with Crippen molar-refractivity contribution in [2.75, 3.05) is 25.0 Å². The molecule has 1 amide bonds. The quantitative estimate of drug-likeness (QED) is 0.866. The van der Waals surface area contributed by atoms with Crippen LogP contribution in [-0.4, -0.2) is 41.1 Å². The number of β-amino-alcohol motifs (C(OH)–C–C–N with tert-alkyl or cyclic N) is 1. The Morgan fingerprint density at radius 3 is 2.65 bits per heavy atom. The summed E-state index contributed by atoms with van der Waals surface area (Å²) in [7, 11) is 0. The smallest absolute Gasteiger partial charge is 0.238 e. The first-order valence-corrected chi connectivity index (χ1v) is 7.24. The highest BCUT2D eigenvalue weighted by Crippen LogP contribution is 2.25. The fourth-order valence-corrected chi connectivity index (χ4v) is 2.74.